The van der Waals surface area contributed by atoms with Crippen molar-refractivity contribution in [3.63, 3.8) is 0 Å². The Hall–Kier alpha value is -0.210. The molecule has 0 aromatic rings. The monoisotopic (exact) mass is 198 g/mol. The quantitative estimate of drug-likeness (QED) is 0.354. The summed E-state index contributed by atoms with van der Waals surface area (Å²) in [7, 11) is -4.73. The molecule has 0 aromatic carbocycles. The molecule has 0 radical (unpaired) electrons. The summed E-state index contributed by atoms with van der Waals surface area (Å²) in [5, 5.41) is 19.3. The van der Waals surface area contributed by atoms with Gasteiger partial charge < -0.3 is 14.8 Å². The Bertz CT molecular complexity index is 210. The van der Waals surface area contributed by atoms with E-state index in [9.17, 15) is 13.0 Å². The molecule has 3 N–H and O–H groups in total. The summed E-state index contributed by atoms with van der Waals surface area (Å²) < 4.78 is 30.4. The smallest absolute Gasteiger partial charge is 0.197 e. The van der Waals surface area contributed by atoms with Gasteiger partial charge in [-0.1, -0.05) is 6.92 Å². The highest BCUT2D eigenvalue weighted by molar-refractivity contribution is 7.86. The largest absolute Gasteiger partial charge is 0.745 e. The molecule has 2 atom stereocenters. The first kappa shape index (κ1) is 11.8. The lowest BCUT2D eigenvalue weighted by Gasteiger charge is -2.21. The van der Waals surface area contributed by atoms with E-state index in [2.05, 4.69) is 5.32 Å². The Labute approximate surface area is 71.0 Å². The fourth-order valence-corrected chi connectivity index (χ4v) is 0.944. The Morgan fingerprint density at radius 3 is 2.33 bits per heavy atom. The molecule has 0 amide bonds. The average molecular weight is 198 g/mol. The van der Waals surface area contributed by atoms with Crippen molar-refractivity contribution in [1.29, 1.82) is 0 Å². The Balaban J connectivity index is 4.08. The Kier molecular flexibility index (Phi) is 4.64. The van der Waals surface area contributed by atoms with Crippen molar-refractivity contribution >= 4 is 10.1 Å². The van der Waals surface area contributed by atoms with Gasteiger partial charge in [0, 0.05) is 6.04 Å². The van der Waals surface area contributed by atoms with Crippen molar-refractivity contribution in [1.82, 2.24) is 5.32 Å². The minimum atomic E-state index is -4.73. The van der Waals surface area contributed by atoms with Crippen molar-refractivity contribution in [3.8, 4) is 0 Å². The van der Waals surface area contributed by atoms with Crippen LogP contribution in [-0.2, 0) is 10.1 Å². The summed E-state index contributed by atoms with van der Waals surface area (Å²) in [5.41, 5.74) is -2.14. The molecule has 0 heterocycles. The van der Waals surface area contributed by atoms with Gasteiger partial charge in [-0.15, -0.1) is 0 Å². The van der Waals surface area contributed by atoms with Crippen LogP contribution in [0.2, 0.25) is 0 Å². The van der Waals surface area contributed by atoms with Gasteiger partial charge in [0.15, 0.2) is 5.56 Å². The van der Waals surface area contributed by atoms with Gasteiger partial charge in [0.05, 0.1) is 6.61 Å². The van der Waals surface area contributed by atoms with Gasteiger partial charge in [-0.2, -0.15) is 0 Å². The summed E-state index contributed by atoms with van der Waals surface area (Å²) in [5.74, 6) is 0. The fraction of sp³-hybridized carbons (Fsp3) is 1.00. The summed E-state index contributed by atoms with van der Waals surface area (Å²) >= 11 is 0. The first-order valence-corrected chi connectivity index (χ1v) is 4.88. The van der Waals surface area contributed by atoms with Crippen molar-refractivity contribution in [2.75, 3.05) is 6.61 Å². The van der Waals surface area contributed by atoms with E-state index in [1.54, 1.807) is 6.92 Å². The van der Waals surface area contributed by atoms with E-state index in [4.69, 9.17) is 10.2 Å². The van der Waals surface area contributed by atoms with Crippen LogP contribution in [0.4, 0.5) is 0 Å². The molecule has 0 aliphatic heterocycles. The zero-order chi connectivity index (χ0) is 9.78. The SMILES string of the molecule is CCC(CO)NC(O)S(=O)(=O)[O-]. The average Bonchev–Trinajstić information content (AvgIpc) is 1.97. The van der Waals surface area contributed by atoms with Gasteiger partial charge in [-0.3, -0.25) is 5.32 Å². The van der Waals surface area contributed by atoms with Gasteiger partial charge in [-0.25, -0.2) is 8.42 Å². The molecule has 0 aliphatic rings. The second-order valence-corrected chi connectivity index (χ2v) is 3.73. The zero-order valence-corrected chi connectivity index (χ0v) is 7.41. The molecule has 7 heteroatoms. The molecule has 74 valence electrons. The van der Waals surface area contributed by atoms with Crippen LogP contribution in [0.5, 0.6) is 0 Å². The lowest BCUT2D eigenvalue weighted by molar-refractivity contribution is 0.149. The summed E-state index contributed by atoms with van der Waals surface area (Å²) in [6.07, 6.45) is 0.420. The predicted octanol–water partition coefficient (Wildman–Crippen LogP) is -1.83. The molecule has 0 bridgehead atoms. The number of nitrogens with one attached hydrogen (secondary N) is 1. The first-order chi connectivity index (χ1) is 5.41. The molecule has 0 aromatic heterocycles. The van der Waals surface area contributed by atoms with Gasteiger partial charge in [0.2, 0.25) is 0 Å². The second-order valence-electron chi connectivity index (χ2n) is 2.30. The molecule has 12 heavy (non-hydrogen) atoms. The number of hydrogen-bond acceptors (Lipinski definition) is 6. The third-order valence-electron chi connectivity index (χ3n) is 1.36. The van der Waals surface area contributed by atoms with Crippen LogP contribution in [0.1, 0.15) is 13.3 Å². The van der Waals surface area contributed by atoms with Crippen LogP contribution >= 0.6 is 0 Å². The lowest BCUT2D eigenvalue weighted by atomic mass is 10.2. The minimum absolute atomic E-state index is 0.330. The summed E-state index contributed by atoms with van der Waals surface area (Å²) in [6.45, 7) is 1.35. The van der Waals surface area contributed by atoms with Crippen LogP contribution in [0.25, 0.3) is 0 Å². The molecule has 0 saturated heterocycles. The minimum Gasteiger partial charge on any atom is -0.745 e. The highest BCUT2D eigenvalue weighted by Crippen LogP contribution is 1.95. The van der Waals surface area contributed by atoms with Gasteiger partial charge >= 0.3 is 0 Å². The molecule has 0 aliphatic carbocycles. The Morgan fingerprint density at radius 1 is 1.58 bits per heavy atom. The number of aliphatic hydroxyl groups excluding tert-OH is 2. The van der Waals surface area contributed by atoms with Gasteiger partial charge in [0.25, 0.3) is 0 Å². The van der Waals surface area contributed by atoms with E-state index >= 15 is 0 Å². The van der Waals surface area contributed by atoms with Crippen LogP contribution in [0.3, 0.4) is 0 Å². The lowest BCUT2D eigenvalue weighted by Crippen LogP contribution is -2.44. The molecule has 0 spiro atoms. The highest BCUT2D eigenvalue weighted by atomic mass is 32.2. The molecule has 0 fully saturated rings. The maximum Gasteiger partial charge on any atom is 0.197 e. The summed E-state index contributed by atoms with van der Waals surface area (Å²) in [4.78, 5) is 0. The fourth-order valence-electron chi connectivity index (χ4n) is 0.585. The topological polar surface area (TPSA) is 110 Å². The third-order valence-corrected chi connectivity index (χ3v) is 2.05. The molecular formula is C5H12NO5S-. The van der Waals surface area contributed by atoms with Crippen LogP contribution in [-0.4, -0.2) is 41.4 Å². The Morgan fingerprint density at radius 2 is 2.08 bits per heavy atom. The van der Waals surface area contributed by atoms with E-state index in [1.807, 2.05) is 0 Å². The second kappa shape index (κ2) is 4.73. The molecule has 2 unspecified atom stereocenters. The van der Waals surface area contributed by atoms with E-state index in [0.717, 1.165) is 0 Å². The number of rotatable bonds is 5. The highest BCUT2D eigenvalue weighted by Gasteiger charge is 2.15. The summed E-state index contributed by atoms with van der Waals surface area (Å²) in [6, 6.07) is -0.580. The third kappa shape index (κ3) is 3.98. The standard InChI is InChI=1S/C5H13NO5S/c1-2-4(3-7)6-5(8)12(9,10)11/h4-8H,2-3H2,1H3,(H,9,10,11)/p-1. The number of aliphatic hydroxyl groups is 2. The van der Waals surface area contributed by atoms with Gasteiger partial charge in [-0.05, 0) is 6.42 Å². The predicted molar refractivity (Wildman–Crippen MR) is 40.0 cm³/mol. The maximum absolute atomic E-state index is 10.1. The van der Waals surface area contributed by atoms with E-state index in [0.29, 0.717) is 6.42 Å². The molecule has 6 nitrogen and oxygen atoms in total. The molecular weight excluding hydrogens is 186 g/mol. The van der Waals surface area contributed by atoms with Crippen molar-refractivity contribution < 1.29 is 23.2 Å². The van der Waals surface area contributed by atoms with Crippen molar-refractivity contribution in [2.45, 2.75) is 24.9 Å². The van der Waals surface area contributed by atoms with Crippen LogP contribution < -0.4 is 5.32 Å². The zero-order valence-electron chi connectivity index (χ0n) is 6.60. The van der Waals surface area contributed by atoms with Crippen LogP contribution in [0.15, 0.2) is 0 Å². The molecule has 0 rings (SSSR count). The number of hydrogen-bond donors (Lipinski definition) is 3. The van der Waals surface area contributed by atoms with Crippen molar-refractivity contribution in [2.24, 2.45) is 0 Å². The molecule has 0 saturated carbocycles. The van der Waals surface area contributed by atoms with Crippen molar-refractivity contribution in [3.05, 3.63) is 0 Å². The first-order valence-electron chi connectivity index (χ1n) is 3.41. The van der Waals surface area contributed by atoms with E-state index < -0.39 is 21.7 Å². The normalized spacial score (nSPS) is 17.3. The van der Waals surface area contributed by atoms with Crippen LogP contribution in [0, 0.1) is 0 Å². The van der Waals surface area contributed by atoms with Gasteiger partial charge in [0.1, 0.15) is 10.1 Å². The maximum atomic E-state index is 10.1. The van der Waals surface area contributed by atoms with E-state index in [1.165, 1.54) is 0 Å². The van der Waals surface area contributed by atoms with E-state index in [-0.39, 0.29) is 6.61 Å².